The zero-order valence-corrected chi connectivity index (χ0v) is 21.5. The minimum absolute atomic E-state index is 0.370. The molecule has 0 aliphatic heterocycles. The molecule has 192 valence electrons. The second kappa shape index (κ2) is 13.3. The molecule has 0 aromatic heterocycles. The van der Waals surface area contributed by atoms with Crippen LogP contribution in [0.15, 0.2) is 60.7 Å². The molecule has 8 nitrogen and oxygen atoms in total. The lowest BCUT2D eigenvalue weighted by Gasteiger charge is -2.31. The molecule has 2 atom stereocenters. The quantitative estimate of drug-likeness (QED) is 0.191. The van der Waals surface area contributed by atoms with Crippen molar-refractivity contribution in [3.8, 4) is 0 Å². The van der Waals surface area contributed by atoms with E-state index >= 15 is 0 Å². The molecule has 8 heteroatoms. The average Bonchev–Trinajstić information content (AvgIpc) is 2.87. The second-order valence-corrected chi connectivity index (χ2v) is 9.24. The summed E-state index contributed by atoms with van der Waals surface area (Å²) >= 11 is 0. The fraction of sp³-hybridized carbons (Fsp3) is 0.538. The molecule has 2 N–H and O–H groups in total. The van der Waals surface area contributed by atoms with Crippen molar-refractivity contribution < 1.29 is 39.8 Å². The Balaban J connectivity index is 0.000000365. The molecule has 0 aliphatic carbocycles. The van der Waals surface area contributed by atoms with Crippen LogP contribution in [0.2, 0.25) is 0 Å². The summed E-state index contributed by atoms with van der Waals surface area (Å²) < 4.78 is 0. The highest BCUT2D eigenvalue weighted by molar-refractivity contribution is 5.22. The van der Waals surface area contributed by atoms with Gasteiger partial charge in [0, 0.05) is 12.8 Å². The maximum atomic E-state index is 8.52. The minimum atomic E-state index is -1.27. The summed E-state index contributed by atoms with van der Waals surface area (Å²) in [4.78, 5) is 29.3. The Hall–Kier alpha value is -1.88. The van der Waals surface area contributed by atoms with Crippen molar-refractivity contribution in [2.75, 3.05) is 0 Å². The zero-order valence-electron chi connectivity index (χ0n) is 21.5. The van der Waals surface area contributed by atoms with Crippen molar-refractivity contribution in [3.05, 3.63) is 71.8 Å². The van der Waals surface area contributed by atoms with Crippen molar-refractivity contribution >= 4 is 0 Å². The van der Waals surface area contributed by atoms with E-state index in [-0.39, 0.29) is 0 Å². The molecular weight excluding hydrogens is 440 g/mol. The third-order valence-corrected chi connectivity index (χ3v) is 5.46. The van der Waals surface area contributed by atoms with Crippen LogP contribution in [0.3, 0.4) is 0 Å². The van der Waals surface area contributed by atoms with Gasteiger partial charge in [0.25, 0.3) is 0 Å². The highest BCUT2D eigenvalue weighted by Crippen LogP contribution is 2.31. The zero-order chi connectivity index (χ0) is 25.9. The summed E-state index contributed by atoms with van der Waals surface area (Å²) in [7, 11) is 0. The molecule has 0 radical (unpaired) electrons. The van der Waals surface area contributed by atoms with Crippen molar-refractivity contribution in [2.45, 2.75) is 91.0 Å². The van der Waals surface area contributed by atoms with E-state index in [0.717, 1.165) is 11.1 Å². The molecule has 2 aromatic carbocycles. The summed E-state index contributed by atoms with van der Waals surface area (Å²) in [6.07, 6.45) is 0.740. The standard InChI is InChI=1S/C18H22O2.C8H18O6/c1-17(2,15-11-7-5-8-12-15)19-20-18(3,4)16-13-9-6-10-14-16;1-5-7(3,11-9)13-14-8(4,6-2)12-10/h5-14H,1-4H3;9-10H,5-6H2,1-4H3. The summed E-state index contributed by atoms with van der Waals surface area (Å²) in [5.74, 6) is -2.54. The first-order valence-corrected chi connectivity index (χ1v) is 11.4. The molecule has 2 rings (SSSR count). The van der Waals surface area contributed by atoms with E-state index < -0.39 is 22.8 Å². The van der Waals surface area contributed by atoms with Gasteiger partial charge in [0.15, 0.2) is 0 Å². The Bertz CT molecular complexity index is 731. The van der Waals surface area contributed by atoms with Crippen LogP contribution < -0.4 is 0 Å². The van der Waals surface area contributed by atoms with Gasteiger partial charge in [-0.3, -0.25) is 0 Å². The molecule has 0 heterocycles. The van der Waals surface area contributed by atoms with E-state index in [1.807, 2.05) is 88.4 Å². The van der Waals surface area contributed by atoms with Gasteiger partial charge in [0.2, 0.25) is 11.6 Å². The van der Waals surface area contributed by atoms with Gasteiger partial charge in [0.05, 0.1) is 0 Å². The van der Waals surface area contributed by atoms with E-state index in [1.54, 1.807) is 13.8 Å². The smallest absolute Gasteiger partial charge is 0.230 e. The number of hydrogen-bond acceptors (Lipinski definition) is 8. The van der Waals surface area contributed by atoms with Crippen LogP contribution in [0.1, 0.15) is 79.4 Å². The van der Waals surface area contributed by atoms with E-state index in [2.05, 4.69) is 9.78 Å². The third-order valence-electron chi connectivity index (χ3n) is 5.46. The Morgan fingerprint density at radius 3 is 1.06 bits per heavy atom. The number of rotatable bonds is 12. The van der Waals surface area contributed by atoms with Gasteiger partial charge in [-0.15, -0.1) is 0 Å². The first-order chi connectivity index (χ1) is 15.9. The third kappa shape index (κ3) is 9.40. The predicted octanol–water partition coefficient (Wildman–Crippen LogP) is 6.97. The Kier molecular flexibility index (Phi) is 11.8. The second-order valence-electron chi connectivity index (χ2n) is 9.24. The van der Waals surface area contributed by atoms with E-state index in [0.29, 0.717) is 12.8 Å². The van der Waals surface area contributed by atoms with Crippen LogP contribution in [0.5, 0.6) is 0 Å². The lowest BCUT2D eigenvalue weighted by atomic mass is 9.98. The molecule has 34 heavy (non-hydrogen) atoms. The van der Waals surface area contributed by atoms with Gasteiger partial charge in [-0.2, -0.15) is 9.78 Å². The number of benzene rings is 2. The molecule has 0 amide bonds. The van der Waals surface area contributed by atoms with Gasteiger partial charge in [-0.1, -0.05) is 74.5 Å². The summed E-state index contributed by atoms with van der Waals surface area (Å²) in [6.45, 7) is 14.5. The topological polar surface area (TPSA) is 95.8 Å². The Morgan fingerprint density at radius 2 is 0.824 bits per heavy atom. The average molecular weight is 481 g/mol. The normalized spacial score (nSPS) is 15.6. The SMILES string of the molecule is CC(C)(OOC(C)(C)c1ccccc1)c1ccccc1.CCC(C)(OO)OOC(C)(CC)OO. The largest absolute Gasteiger partial charge is 0.249 e. The molecule has 0 fully saturated rings. The summed E-state index contributed by atoms with van der Waals surface area (Å²) in [5, 5.41) is 17.0. The van der Waals surface area contributed by atoms with Gasteiger partial charge in [-0.25, -0.2) is 30.1 Å². The molecule has 0 spiro atoms. The van der Waals surface area contributed by atoms with Crippen molar-refractivity contribution in [1.82, 2.24) is 0 Å². The summed E-state index contributed by atoms with van der Waals surface area (Å²) in [6, 6.07) is 20.2. The highest BCUT2D eigenvalue weighted by Gasteiger charge is 2.33. The lowest BCUT2D eigenvalue weighted by molar-refractivity contribution is -0.566. The molecular formula is C26H40O8. The van der Waals surface area contributed by atoms with E-state index in [1.165, 1.54) is 13.8 Å². The van der Waals surface area contributed by atoms with Crippen LogP contribution in [0, 0.1) is 0 Å². The van der Waals surface area contributed by atoms with Crippen LogP contribution >= 0.6 is 0 Å². The van der Waals surface area contributed by atoms with E-state index in [4.69, 9.17) is 30.1 Å². The molecule has 0 aliphatic rings. The van der Waals surface area contributed by atoms with Crippen molar-refractivity contribution in [3.63, 3.8) is 0 Å². The molecule has 0 saturated heterocycles. The van der Waals surface area contributed by atoms with Gasteiger partial charge in [0.1, 0.15) is 11.2 Å². The monoisotopic (exact) mass is 480 g/mol. The van der Waals surface area contributed by atoms with Crippen molar-refractivity contribution in [1.29, 1.82) is 0 Å². The minimum Gasteiger partial charge on any atom is -0.249 e. The predicted molar refractivity (Wildman–Crippen MR) is 128 cm³/mol. The fourth-order valence-corrected chi connectivity index (χ4v) is 2.44. The molecule has 0 bridgehead atoms. The maximum absolute atomic E-state index is 8.52. The van der Waals surface area contributed by atoms with Crippen molar-refractivity contribution in [2.24, 2.45) is 0 Å². The molecule has 2 aromatic rings. The fourth-order valence-electron chi connectivity index (χ4n) is 2.44. The van der Waals surface area contributed by atoms with Gasteiger partial charge >= 0.3 is 0 Å². The van der Waals surface area contributed by atoms with Crippen LogP contribution in [0.25, 0.3) is 0 Å². The lowest BCUT2D eigenvalue weighted by Crippen LogP contribution is -2.38. The Morgan fingerprint density at radius 1 is 0.529 bits per heavy atom. The van der Waals surface area contributed by atoms with Crippen LogP contribution in [0.4, 0.5) is 0 Å². The molecule has 0 saturated carbocycles. The maximum Gasteiger partial charge on any atom is 0.230 e. The van der Waals surface area contributed by atoms with Gasteiger partial charge in [-0.05, 0) is 52.7 Å². The number of hydrogen-bond donors (Lipinski definition) is 2. The molecule has 2 unspecified atom stereocenters. The van der Waals surface area contributed by atoms with Gasteiger partial charge < -0.3 is 0 Å². The first-order valence-electron chi connectivity index (χ1n) is 11.4. The Labute approximate surface area is 203 Å². The van der Waals surface area contributed by atoms with Crippen LogP contribution in [-0.4, -0.2) is 22.1 Å². The highest BCUT2D eigenvalue weighted by atomic mass is 17.3. The van der Waals surface area contributed by atoms with Crippen LogP contribution in [-0.2, 0) is 40.5 Å². The summed E-state index contributed by atoms with van der Waals surface area (Å²) in [5.41, 5.74) is 1.19. The van der Waals surface area contributed by atoms with E-state index in [9.17, 15) is 0 Å². The first kappa shape index (κ1) is 30.2.